The summed E-state index contributed by atoms with van der Waals surface area (Å²) in [6.07, 6.45) is 7.67. The summed E-state index contributed by atoms with van der Waals surface area (Å²) in [6, 6.07) is 18.6. The van der Waals surface area contributed by atoms with E-state index in [1.54, 1.807) is 41.4 Å². The number of aldehydes is 1. The van der Waals surface area contributed by atoms with Crippen molar-refractivity contribution < 1.29 is 4.79 Å². The number of aromatic nitrogens is 5. The third-order valence-electron chi connectivity index (χ3n) is 4.73. The zero-order valence-electron chi connectivity index (χ0n) is 16.8. The van der Waals surface area contributed by atoms with E-state index in [9.17, 15) is 4.79 Å². The van der Waals surface area contributed by atoms with Crippen LogP contribution in [-0.4, -0.2) is 30.9 Å². The smallest absolute Gasteiger partial charge is 0.154 e. The Bertz CT molecular complexity index is 1460. The summed E-state index contributed by atoms with van der Waals surface area (Å²) in [6.45, 7) is 0. The van der Waals surface area contributed by atoms with Crippen molar-refractivity contribution in [2.45, 2.75) is 0 Å². The summed E-state index contributed by atoms with van der Waals surface area (Å²) in [5.41, 5.74) is 5.33. The maximum absolute atomic E-state index is 10.9. The van der Waals surface area contributed by atoms with E-state index in [1.165, 1.54) is 0 Å². The minimum absolute atomic E-state index is 0.624. The second kappa shape index (κ2) is 8.50. The van der Waals surface area contributed by atoms with Crippen LogP contribution < -0.4 is 5.32 Å². The van der Waals surface area contributed by atoms with Crippen LogP contribution >= 0.6 is 0 Å². The third-order valence-corrected chi connectivity index (χ3v) is 4.73. The molecule has 5 rings (SSSR count). The quantitative estimate of drug-likeness (QED) is 0.350. The lowest BCUT2D eigenvalue weighted by atomic mass is 10.1. The molecule has 0 atom stereocenters. The van der Waals surface area contributed by atoms with E-state index in [4.69, 9.17) is 0 Å². The van der Waals surface area contributed by atoms with Crippen LogP contribution in [0.3, 0.4) is 0 Å². The summed E-state index contributed by atoms with van der Waals surface area (Å²) in [7, 11) is 0. The van der Waals surface area contributed by atoms with Crippen molar-refractivity contribution in [2.24, 2.45) is 0 Å². The van der Waals surface area contributed by atoms with Gasteiger partial charge in [-0.15, -0.1) is 0 Å². The van der Waals surface area contributed by atoms with Gasteiger partial charge in [-0.05, 0) is 42.3 Å². The first-order chi connectivity index (χ1) is 15.8. The molecule has 0 aliphatic carbocycles. The molecule has 0 saturated carbocycles. The highest BCUT2D eigenvalue weighted by Gasteiger charge is 2.06. The lowest BCUT2D eigenvalue weighted by molar-refractivity contribution is 0.112. The van der Waals surface area contributed by atoms with Crippen LogP contribution in [-0.2, 0) is 0 Å². The second-order valence-corrected chi connectivity index (χ2v) is 6.92. The fraction of sp³-hybridized carbons (Fsp3) is 0. The maximum Gasteiger partial charge on any atom is 0.154 e. The van der Waals surface area contributed by atoms with Crippen molar-refractivity contribution in [1.29, 1.82) is 0 Å². The molecule has 32 heavy (non-hydrogen) atoms. The number of carbonyl (C=O) groups is 1. The summed E-state index contributed by atoms with van der Waals surface area (Å²) in [5.74, 6) is 6.98. The largest absolute Gasteiger partial charge is 0.339 e. The molecule has 7 heteroatoms. The van der Waals surface area contributed by atoms with Crippen molar-refractivity contribution in [3.05, 3.63) is 102 Å². The second-order valence-electron chi connectivity index (χ2n) is 6.92. The molecule has 0 fully saturated rings. The number of pyridine rings is 2. The number of nitrogens with one attached hydrogen (secondary N) is 1. The summed E-state index contributed by atoms with van der Waals surface area (Å²) in [4.78, 5) is 23.7. The predicted octanol–water partition coefficient (Wildman–Crippen LogP) is 4.14. The van der Waals surface area contributed by atoms with Crippen molar-refractivity contribution in [1.82, 2.24) is 24.6 Å². The highest BCUT2D eigenvalue weighted by atomic mass is 16.1. The van der Waals surface area contributed by atoms with Crippen molar-refractivity contribution in [3.8, 4) is 23.1 Å². The van der Waals surface area contributed by atoms with E-state index in [2.05, 4.69) is 37.2 Å². The van der Waals surface area contributed by atoms with Crippen molar-refractivity contribution >= 4 is 23.4 Å². The Morgan fingerprint density at radius 1 is 0.906 bits per heavy atom. The van der Waals surface area contributed by atoms with E-state index in [-0.39, 0.29) is 0 Å². The Morgan fingerprint density at radius 2 is 1.81 bits per heavy atom. The first-order valence-electron chi connectivity index (χ1n) is 9.84. The molecule has 0 bridgehead atoms. The van der Waals surface area contributed by atoms with Crippen molar-refractivity contribution in [3.63, 3.8) is 0 Å². The lowest BCUT2D eigenvalue weighted by Crippen LogP contribution is -1.97. The molecule has 0 aliphatic rings. The monoisotopic (exact) mass is 416 g/mol. The van der Waals surface area contributed by atoms with Gasteiger partial charge >= 0.3 is 0 Å². The normalized spacial score (nSPS) is 10.4. The lowest BCUT2D eigenvalue weighted by Gasteiger charge is -2.04. The fourth-order valence-electron chi connectivity index (χ4n) is 3.14. The van der Waals surface area contributed by atoms with Crippen LogP contribution in [0.2, 0.25) is 0 Å². The van der Waals surface area contributed by atoms with Crippen LogP contribution in [0, 0.1) is 11.8 Å². The molecule has 4 heterocycles. The SMILES string of the molecule is O=Cc1ccc(-c2ccc3ncc(C#Cc4ccnc(Nc5cccnc5)c4)n3n2)cc1. The molecule has 0 radical (unpaired) electrons. The van der Waals surface area contributed by atoms with E-state index >= 15 is 0 Å². The van der Waals surface area contributed by atoms with E-state index in [0.717, 1.165) is 28.8 Å². The Morgan fingerprint density at radius 3 is 2.62 bits per heavy atom. The molecule has 4 aromatic heterocycles. The van der Waals surface area contributed by atoms with Gasteiger partial charge in [0.25, 0.3) is 0 Å². The van der Waals surface area contributed by atoms with Gasteiger partial charge in [0, 0.05) is 29.1 Å². The van der Waals surface area contributed by atoms with Crippen LogP contribution in [0.4, 0.5) is 11.5 Å². The number of imidazole rings is 1. The van der Waals surface area contributed by atoms with E-state index < -0.39 is 0 Å². The first-order valence-corrected chi connectivity index (χ1v) is 9.84. The highest BCUT2D eigenvalue weighted by Crippen LogP contribution is 2.18. The molecule has 152 valence electrons. The van der Waals surface area contributed by atoms with Crippen molar-refractivity contribution in [2.75, 3.05) is 5.32 Å². The summed E-state index contributed by atoms with van der Waals surface area (Å²) >= 11 is 0. The maximum atomic E-state index is 10.9. The number of carbonyl (C=O) groups excluding carboxylic acids is 1. The van der Waals surface area contributed by atoms with Gasteiger partial charge in [0.05, 0.1) is 23.8 Å². The van der Waals surface area contributed by atoms with Gasteiger partial charge in [-0.3, -0.25) is 9.78 Å². The minimum atomic E-state index is 0.624. The zero-order valence-corrected chi connectivity index (χ0v) is 16.8. The molecule has 1 N–H and O–H groups in total. The van der Waals surface area contributed by atoms with Gasteiger partial charge in [0.2, 0.25) is 0 Å². The van der Waals surface area contributed by atoms with Gasteiger partial charge < -0.3 is 5.32 Å². The molecule has 5 aromatic rings. The third kappa shape index (κ3) is 4.06. The van der Waals surface area contributed by atoms with E-state index in [0.29, 0.717) is 22.7 Å². The number of anilines is 2. The van der Waals surface area contributed by atoms with Gasteiger partial charge in [-0.2, -0.15) is 5.10 Å². The standard InChI is InChI=1S/C25H16N6O/c32-17-19-3-6-20(7-4-19)23-9-10-25-28-16-22(31(25)30-23)8-5-18-11-13-27-24(14-18)29-21-2-1-12-26-15-21/h1-4,6-7,9-17H,(H,27,29). The first kappa shape index (κ1) is 19.2. The zero-order chi connectivity index (χ0) is 21.8. The molecule has 0 amide bonds. The molecule has 7 nitrogen and oxygen atoms in total. The number of hydrogen-bond donors (Lipinski definition) is 1. The summed E-state index contributed by atoms with van der Waals surface area (Å²) in [5, 5.41) is 7.89. The van der Waals surface area contributed by atoms with Gasteiger partial charge in [0.15, 0.2) is 5.65 Å². The number of hydrogen-bond acceptors (Lipinski definition) is 6. The Labute approximate surface area is 183 Å². The molecule has 0 spiro atoms. The molecule has 0 unspecified atom stereocenters. The van der Waals surface area contributed by atoms with Crippen LogP contribution in [0.1, 0.15) is 21.6 Å². The highest BCUT2D eigenvalue weighted by molar-refractivity contribution is 5.76. The minimum Gasteiger partial charge on any atom is -0.339 e. The summed E-state index contributed by atoms with van der Waals surface area (Å²) < 4.78 is 1.71. The van der Waals surface area contributed by atoms with Gasteiger partial charge in [-0.25, -0.2) is 14.5 Å². The Kier molecular flexibility index (Phi) is 5.09. The fourth-order valence-corrected chi connectivity index (χ4v) is 3.14. The molecular weight excluding hydrogens is 400 g/mol. The molecule has 1 aromatic carbocycles. The van der Waals surface area contributed by atoms with Gasteiger partial charge in [0.1, 0.15) is 17.8 Å². The Hall–Kier alpha value is -4.83. The van der Waals surface area contributed by atoms with Crippen LogP contribution in [0.15, 0.2) is 85.5 Å². The van der Waals surface area contributed by atoms with E-state index in [1.807, 2.05) is 48.5 Å². The van der Waals surface area contributed by atoms with Gasteiger partial charge in [-0.1, -0.05) is 30.2 Å². The topological polar surface area (TPSA) is 85.1 Å². The Balaban J connectivity index is 1.44. The number of fused-ring (bicyclic) bond motifs is 1. The predicted molar refractivity (Wildman–Crippen MR) is 122 cm³/mol. The number of benzene rings is 1. The molecule has 0 aliphatic heterocycles. The average molecular weight is 416 g/mol. The van der Waals surface area contributed by atoms with Crippen LogP contribution in [0.25, 0.3) is 16.9 Å². The molecule has 0 saturated heterocycles. The van der Waals surface area contributed by atoms with Crippen LogP contribution in [0.5, 0.6) is 0 Å². The molecular formula is C25H16N6O. The number of nitrogens with zero attached hydrogens (tertiary/aromatic N) is 5. The number of rotatable bonds is 4. The average Bonchev–Trinajstić information content (AvgIpc) is 3.26.